The topological polar surface area (TPSA) is 125 Å². The fraction of sp³-hybridized carbons (Fsp3) is 0. The molecule has 0 aromatic rings. The molecule has 40 valence electrons. The highest BCUT2D eigenvalue weighted by atomic mass is 16.9. The van der Waals surface area contributed by atoms with Crippen LogP contribution in [0.4, 0.5) is 0 Å². The highest BCUT2D eigenvalue weighted by Crippen LogP contribution is 1.38. The number of hydrogen-bond acceptors (Lipinski definition) is 4. The second-order valence-corrected chi connectivity index (χ2v) is 0.350. The maximum atomic E-state index is 8.36. The first-order valence-electron chi connectivity index (χ1n) is 1.01. The van der Waals surface area contributed by atoms with Crippen molar-refractivity contribution in [2.45, 2.75) is 0 Å². The second kappa shape index (κ2) is 8.82. The summed E-state index contributed by atoms with van der Waals surface area (Å²) in [4.78, 5) is 10.4. The lowest BCUT2D eigenvalue weighted by molar-refractivity contribution is -0.742. The zero-order valence-corrected chi connectivity index (χ0v) is 3.16. The average molecular weight is 107 g/mol. The Labute approximate surface area is 37.7 Å². The Morgan fingerprint density at radius 1 is 1.71 bits per heavy atom. The van der Waals surface area contributed by atoms with Gasteiger partial charge in [-0.3, -0.25) is 0 Å². The molecule has 0 unspecified atom stereocenters. The third kappa shape index (κ3) is 12.8. The summed E-state index contributed by atoms with van der Waals surface area (Å²) in [6, 6.07) is 0. The highest BCUT2D eigenvalue weighted by molar-refractivity contribution is 3.83. The standard InChI is InChI=1S/H2N3.HNO3/c1-3-2;2-1(3)4/h1-2H;(H,2,3,4)/q+1;. The van der Waals surface area contributed by atoms with Crippen LogP contribution in [0.5, 0.6) is 0 Å². The Kier molecular flexibility index (Phi) is 11.5. The maximum absolute atomic E-state index is 8.36. The Balaban J connectivity index is 0. The van der Waals surface area contributed by atoms with Gasteiger partial charge < -0.3 is 5.21 Å². The molecule has 0 aliphatic heterocycles. The van der Waals surface area contributed by atoms with E-state index in [9.17, 15) is 0 Å². The summed E-state index contributed by atoms with van der Waals surface area (Å²) in [5, 5.41) is 13.6. The van der Waals surface area contributed by atoms with Gasteiger partial charge in [0.05, 0.1) is 0 Å². The SMILES string of the molecule is N=[N+]=N.O=[N+]([O-])O. The van der Waals surface area contributed by atoms with Crippen LogP contribution in [-0.2, 0) is 0 Å². The molecule has 0 heterocycles. The molecule has 3 N–H and O–H groups in total. The molecule has 0 aliphatic rings. The first kappa shape index (κ1) is 9.10. The average Bonchev–Trinajstić information content (AvgIpc) is 1.33. The molecule has 0 aromatic heterocycles. The minimum Gasteiger partial charge on any atom is -0.328 e. The molecule has 7 heavy (non-hydrogen) atoms. The second-order valence-electron chi connectivity index (χ2n) is 0.350. The molecule has 0 fully saturated rings. The number of hydrogen-bond donors (Lipinski definition) is 3. The smallest absolute Gasteiger partial charge is 0.291 e. The van der Waals surface area contributed by atoms with Gasteiger partial charge in [-0.25, -0.2) is 0 Å². The van der Waals surface area contributed by atoms with E-state index in [1.54, 1.807) is 0 Å². The first-order valence-corrected chi connectivity index (χ1v) is 1.01. The van der Waals surface area contributed by atoms with Crippen molar-refractivity contribution in [2.24, 2.45) is 0 Å². The van der Waals surface area contributed by atoms with Gasteiger partial charge in [0.15, 0.2) is 0 Å². The first-order chi connectivity index (χ1) is 3.15. The van der Waals surface area contributed by atoms with Gasteiger partial charge in [0.25, 0.3) is 5.09 Å². The van der Waals surface area contributed by atoms with Crippen LogP contribution in [0.15, 0.2) is 0 Å². The fourth-order valence-corrected chi connectivity index (χ4v) is 0. The van der Waals surface area contributed by atoms with E-state index in [1.807, 2.05) is 4.91 Å². The van der Waals surface area contributed by atoms with E-state index < -0.39 is 5.09 Å². The Bertz CT molecular complexity index is 74.9. The van der Waals surface area contributed by atoms with Gasteiger partial charge in [0, 0.05) is 0 Å². The van der Waals surface area contributed by atoms with Gasteiger partial charge in [-0.2, -0.15) is 0 Å². The van der Waals surface area contributed by atoms with E-state index in [1.165, 1.54) is 0 Å². The fourth-order valence-electron chi connectivity index (χ4n) is 0. The summed E-state index contributed by atoms with van der Waals surface area (Å²) in [6.45, 7) is 0. The molecule has 0 amide bonds. The predicted molar refractivity (Wildman–Crippen MR) is 16.4 cm³/mol. The molecule has 7 heteroatoms. The lowest BCUT2D eigenvalue weighted by Crippen LogP contribution is -1.81. The van der Waals surface area contributed by atoms with Gasteiger partial charge >= 0.3 is 0 Å². The Morgan fingerprint density at radius 2 is 1.71 bits per heavy atom. The summed E-state index contributed by atoms with van der Waals surface area (Å²) >= 11 is 0. The summed E-state index contributed by atoms with van der Waals surface area (Å²) in [5.41, 5.74) is 11.0. The van der Waals surface area contributed by atoms with Gasteiger partial charge in [-0.05, 0) is 0 Å². The molecule has 0 atom stereocenters. The van der Waals surface area contributed by atoms with Gasteiger partial charge in [0.1, 0.15) is 11.1 Å². The number of nitrogens with one attached hydrogen (secondary N) is 2. The van der Waals surface area contributed by atoms with Crippen molar-refractivity contribution in [1.82, 2.24) is 4.91 Å². The van der Waals surface area contributed by atoms with Crippen molar-refractivity contribution < 1.29 is 10.3 Å². The third-order valence-electron chi connectivity index (χ3n) is 0. The third-order valence-corrected chi connectivity index (χ3v) is 0. The molecule has 7 nitrogen and oxygen atoms in total. The lowest BCUT2D eigenvalue weighted by atomic mass is 13.0. The van der Waals surface area contributed by atoms with E-state index in [0.29, 0.717) is 0 Å². The van der Waals surface area contributed by atoms with Crippen LogP contribution < -0.4 is 4.91 Å². The van der Waals surface area contributed by atoms with Crippen molar-refractivity contribution >= 4 is 0 Å². The van der Waals surface area contributed by atoms with Crippen LogP contribution >= 0.6 is 0 Å². The van der Waals surface area contributed by atoms with Crippen LogP contribution in [0.3, 0.4) is 0 Å². The molecule has 0 bridgehead atoms. The van der Waals surface area contributed by atoms with Gasteiger partial charge in [0.2, 0.25) is 4.91 Å². The van der Waals surface area contributed by atoms with E-state index in [2.05, 4.69) is 0 Å². The van der Waals surface area contributed by atoms with Crippen LogP contribution in [0.1, 0.15) is 0 Å². The van der Waals surface area contributed by atoms with Crippen molar-refractivity contribution in [3.05, 3.63) is 10.1 Å². The molecule has 0 aliphatic carbocycles. The van der Waals surface area contributed by atoms with Crippen LogP contribution in [0, 0.1) is 21.2 Å². The van der Waals surface area contributed by atoms with Crippen molar-refractivity contribution in [3.8, 4) is 0 Å². The molecule has 0 saturated heterocycles. The summed E-state index contributed by atoms with van der Waals surface area (Å²) in [5.74, 6) is 0. The van der Waals surface area contributed by atoms with Crippen LogP contribution in [0.25, 0.3) is 0 Å². The summed E-state index contributed by atoms with van der Waals surface area (Å²) in [7, 11) is 0. The largest absolute Gasteiger partial charge is 0.328 e. The van der Waals surface area contributed by atoms with E-state index in [0.717, 1.165) is 0 Å². The number of rotatable bonds is 0. The normalized spacial score (nSPS) is 4.57. The highest BCUT2D eigenvalue weighted by Gasteiger charge is 1.65. The van der Waals surface area contributed by atoms with E-state index in [4.69, 9.17) is 26.4 Å². The molecule has 0 rings (SSSR count). The summed E-state index contributed by atoms with van der Waals surface area (Å²) < 4.78 is 0. The van der Waals surface area contributed by atoms with Crippen LogP contribution in [-0.4, -0.2) is 10.3 Å². The maximum Gasteiger partial charge on any atom is 0.291 e. The zero-order chi connectivity index (χ0) is 6.28. The molecular formula is H3N4O3+. The summed E-state index contributed by atoms with van der Waals surface area (Å²) in [6.07, 6.45) is 0. The monoisotopic (exact) mass is 107 g/mol. The lowest BCUT2D eigenvalue weighted by Gasteiger charge is -1.56. The van der Waals surface area contributed by atoms with Crippen molar-refractivity contribution in [1.29, 1.82) is 11.1 Å². The van der Waals surface area contributed by atoms with Crippen LogP contribution in [0.2, 0.25) is 0 Å². The minimum absolute atomic E-state index is 1.50. The van der Waals surface area contributed by atoms with Gasteiger partial charge in [-0.1, -0.05) is 0 Å². The minimum atomic E-state index is -1.50. The molecule has 0 saturated carbocycles. The van der Waals surface area contributed by atoms with E-state index in [-0.39, 0.29) is 0 Å². The number of nitrogens with zero attached hydrogens (tertiary/aromatic N) is 2. The quantitative estimate of drug-likeness (QED) is 0.171. The van der Waals surface area contributed by atoms with Gasteiger partial charge in [-0.15, -0.1) is 10.1 Å². The Hall–Kier alpha value is -1.49. The molecule has 0 aromatic carbocycles. The van der Waals surface area contributed by atoms with Crippen molar-refractivity contribution in [2.75, 3.05) is 0 Å². The van der Waals surface area contributed by atoms with Crippen molar-refractivity contribution in [3.63, 3.8) is 0 Å². The molecular weight excluding hydrogens is 104 g/mol. The predicted octanol–water partition coefficient (Wildman–Crippen LogP) is -0.232. The van der Waals surface area contributed by atoms with E-state index >= 15 is 0 Å². The zero-order valence-electron chi connectivity index (χ0n) is 3.16. The Morgan fingerprint density at radius 3 is 1.71 bits per heavy atom. The molecule has 0 radical (unpaired) electrons. The molecule has 0 spiro atoms.